The summed E-state index contributed by atoms with van der Waals surface area (Å²) in [4.78, 5) is 12.0. The van der Waals surface area contributed by atoms with Crippen LogP contribution in [-0.2, 0) is 6.42 Å². The third-order valence-electron chi connectivity index (χ3n) is 3.15. The maximum absolute atomic E-state index is 12.0. The zero-order chi connectivity index (χ0) is 14.4. The van der Waals surface area contributed by atoms with Crippen molar-refractivity contribution in [1.29, 1.82) is 0 Å². The van der Waals surface area contributed by atoms with E-state index >= 15 is 0 Å². The van der Waals surface area contributed by atoms with Crippen molar-refractivity contribution in [1.82, 2.24) is 5.32 Å². The van der Waals surface area contributed by atoms with Gasteiger partial charge in [-0.2, -0.15) is 4.73 Å². The second-order valence-corrected chi connectivity index (χ2v) is 4.85. The highest BCUT2D eigenvalue weighted by Crippen LogP contribution is 2.05. The Labute approximate surface area is 118 Å². The lowest BCUT2D eigenvalue weighted by atomic mass is 10.1. The van der Waals surface area contributed by atoms with Crippen LogP contribution in [0, 0.1) is 5.21 Å². The Morgan fingerprint density at radius 3 is 2.50 bits per heavy atom. The van der Waals surface area contributed by atoms with Crippen LogP contribution in [0.1, 0.15) is 29.3 Å². The van der Waals surface area contributed by atoms with E-state index in [2.05, 4.69) is 17.4 Å². The molecule has 1 amide bonds. The van der Waals surface area contributed by atoms with Crippen molar-refractivity contribution in [2.45, 2.75) is 25.8 Å². The van der Waals surface area contributed by atoms with Gasteiger partial charge >= 0.3 is 0 Å². The quantitative estimate of drug-likeness (QED) is 0.668. The molecule has 1 N–H and O–H groups in total. The maximum atomic E-state index is 12.0. The molecule has 0 radical (unpaired) electrons. The Kier molecular flexibility index (Phi) is 4.71. The number of pyridine rings is 1. The van der Waals surface area contributed by atoms with Crippen molar-refractivity contribution < 1.29 is 9.52 Å². The zero-order valence-corrected chi connectivity index (χ0v) is 11.5. The van der Waals surface area contributed by atoms with E-state index in [1.807, 2.05) is 25.1 Å². The summed E-state index contributed by atoms with van der Waals surface area (Å²) in [5.41, 5.74) is 1.77. The first-order chi connectivity index (χ1) is 9.65. The molecule has 4 nitrogen and oxygen atoms in total. The number of aryl methyl sites for hydroxylation is 1. The van der Waals surface area contributed by atoms with Gasteiger partial charge in [0.25, 0.3) is 5.91 Å². The summed E-state index contributed by atoms with van der Waals surface area (Å²) in [5.74, 6) is -0.147. The standard InChI is InChI=1S/C16H18N2O2/c1-13(7-8-14-5-3-2-4-6-14)17-16(19)15-9-11-18(20)12-10-15/h2-6,9-13H,7-8H2,1H3,(H,17,19). The van der Waals surface area contributed by atoms with Crippen LogP contribution in [-0.4, -0.2) is 11.9 Å². The average Bonchev–Trinajstić information content (AvgIpc) is 2.47. The Bertz CT molecular complexity index is 552. The summed E-state index contributed by atoms with van der Waals surface area (Å²) in [7, 11) is 0. The van der Waals surface area contributed by atoms with Crippen LogP contribution in [0.2, 0.25) is 0 Å². The summed E-state index contributed by atoms with van der Waals surface area (Å²) in [6, 6.07) is 13.3. The van der Waals surface area contributed by atoms with Gasteiger partial charge in [-0.15, -0.1) is 0 Å². The lowest BCUT2D eigenvalue weighted by Gasteiger charge is -2.13. The molecule has 1 heterocycles. The first-order valence-corrected chi connectivity index (χ1v) is 6.69. The average molecular weight is 270 g/mol. The predicted molar refractivity (Wildman–Crippen MR) is 77.1 cm³/mol. The van der Waals surface area contributed by atoms with Crippen molar-refractivity contribution in [3.8, 4) is 0 Å². The molecule has 0 saturated heterocycles. The Balaban J connectivity index is 1.83. The molecule has 2 aromatic rings. The normalized spacial score (nSPS) is 11.8. The molecule has 1 atom stereocenters. The molecule has 0 aliphatic rings. The predicted octanol–water partition coefficient (Wildman–Crippen LogP) is 2.07. The molecule has 0 aliphatic heterocycles. The molecular formula is C16H18N2O2. The van der Waals surface area contributed by atoms with E-state index in [9.17, 15) is 10.0 Å². The Morgan fingerprint density at radius 2 is 1.85 bits per heavy atom. The topological polar surface area (TPSA) is 56.0 Å². The molecule has 1 unspecified atom stereocenters. The minimum absolute atomic E-state index is 0.0855. The largest absolute Gasteiger partial charge is 0.619 e. The number of hydrogen-bond acceptors (Lipinski definition) is 2. The Morgan fingerprint density at radius 1 is 1.20 bits per heavy atom. The molecule has 0 saturated carbocycles. The van der Waals surface area contributed by atoms with Crippen molar-refractivity contribution in [2.75, 3.05) is 0 Å². The first-order valence-electron chi connectivity index (χ1n) is 6.69. The summed E-state index contributed by atoms with van der Waals surface area (Å²) < 4.78 is 0.662. The van der Waals surface area contributed by atoms with Gasteiger partial charge in [0, 0.05) is 18.2 Å². The maximum Gasteiger partial charge on any atom is 0.251 e. The number of carbonyl (C=O) groups is 1. The van der Waals surface area contributed by atoms with E-state index in [1.54, 1.807) is 0 Å². The van der Waals surface area contributed by atoms with E-state index in [0.717, 1.165) is 12.8 Å². The molecule has 4 heteroatoms. The second-order valence-electron chi connectivity index (χ2n) is 4.85. The number of hydrogen-bond donors (Lipinski definition) is 1. The highest BCUT2D eigenvalue weighted by Gasteiger charge is 2.10. The van der Waals surface area contributed by atoms with Crippen LogP contribution in [0.5, 0.6) is 0 Å². The molecule has 0 bridgehead atoms. The lowest BCUT2D eigenvalue weighted by Crippen LogP contribution is -2.33. The molecule has 1 aromatic carbocycles. The fourth-order valence-corrected chi connectivity index (χ4v) is 1.97. The molecule has 104 valence electrons. The monoisotopic (exact) mass is 270 g/mol. The minimum Gasteiger partial charge on any atom is -0.619 e. The van der Waals surface area contributed by atoms with Crippen LogP contribution < -0.4 is 10.0 Å². The first kappa shape index (κ1) is 14.1. The molecule has 0 spiro atoms. The smallest absolute Gasteiger partial charge is 0.251 e. The number of amides is 1. The molecule has 20 heavy (non-hydrogen) atoms. The Hall–Kier alpha value is -2.36. The number of benzene rings is 1. The summed E-state index contributed by atoms with van der Waals surface area (Å²) in [5, 5.41) is 13.8. The number of nitrogens with one attached hydrogen (secondary N) is 1. The lowest BCUT2D eigenvalue weighted by molar-refractivity contribution is -0.605. The van der Waals surface area contributed by atoms with Crippen LogP contribution in [0.4, 0.5) is 0 Å². The summed E-state index contributed by atoms with van der Waals surface area (Å²) in [6.45, 7) is 1.98. The van der Waals surface area contributed by atoms with Crippen LogP contribution in [0.3, 0.4) is 0 Å². The zero-order valence-electron chi connectivity index (χ0n) is 11.5. The van der Waals surface area contributed by atoms with E-state index < -0.39 is 0 Å². The fourth-order valence-electron chi connectivity index (χ4n) is 1.97. The van der Waals surface area contributed by atoms with Gasteiger partial charge in [0.05, 0.1) is 5.56 Å². The van der Waals surface area contributed by atoms with E-state index in [0.29, 0.717) is 10.3 Å². The van der Waals surface area contributed by atoms with Gasteiger partial charge in [-0.1, -0.05) is 30.3 Å². The third-order valence-corrected chi connectivity index (χ3v) is 3.15. The van der Waals surface area contributed by atoms with Gasteiger partial charge < -0.3 is 10.5 Å². The van der Waals surface area contributed by atoms with Crippen LogP contribution in [0.25, 0.3) is 0 Å². The fraction of sp³-hybridized carbons (Fsp3) is 0.250. The van der Waals surface area contributed by atoms with Gasteiger partial charge in [0.2, 0.25) is 0 Å². The SMILES string of the molecule is CC(CCc1ccccc1)NC(=O)c1cc[n+]([O-])cc1. The summed E-state index contributed by atoms with van der Waals surface area (Å²) in [6.07, 6.45) is 4.45. The number of aromatic nitrogens is 1. The van der Waals surface area contributed by atoms with E-state index in [-0.39, 0.29) is 11.9 Å². The summed E-state index contributed by atoms with van der Waals surface area (Å²) >= 11 is 0. The second kappa shape index (κ2) is 6.70. The molecule has 2 rings (SSSR count). The van der Waals surface area contributed by atoms with Gasteiger partial charge in [0.1, 0.15) is 0 Å². The van der Waals surface area contributed by atoms with Gasteiger partial charge in [-0.05, 0) is 25.3 Å². The molecule has 1 aromatic heterocycles. The minimum atomic E-state index is -0.147. The number of rotatable bonds is 5. The highest BCUT2D eigenvalue weighted by molar-refractivity contribution is 5.94. The van der Waals surface area contributed by atoms with Crippen molar-refractivity contribution in [2.24, 2.45) is 0 Å². The van der Waals surface area contributed by atoms with Crippen LogP contribution >= 0.6 is 0 Å². The van der Waals surface area contributed by atoms with Crippen molar-refractivity contribution >= 4 is 5.91 Å². The van der Waals surface area contributed by atoms with Gasteiger partial charge in [0.15, 0.2) is 12.4 Å². The molecule has 0 aliphatic carbocycles. The van der Waals surface area contributed by atoms with Crippen LogP contribution in [0.15, 0.2) is 54.9 Å². The number of nitrogens with zero attached hydrogens (tertiary/aromatic N) is 1. The van der Waals surface area contributed by atoms with Gasteiger partial charge in [-0.25, -0.2) is 0 Å². The van der Waals surface area contributed by atoms with Crippen molar-refractivity contribution in [3.05, 3.63) is 71.2 Å². The van der Waals surface area contributed by atoms with E-state index in [4.69, 9.17) is 0 Å². The van der Waals surface area contributed by atoms with E-state index in [1.165, 1.54) is 30.1 Å². The highest BCUT2D eigenvalue weighted by atomic mass is 16.5. The third kappa shape index (κ3) is 4.09. The molecule has 0 fully saturated rings. The molecular weight excluding hydrogens is 252 g/mol. The number of carbonyl (C=O) groups excluding carboxylic acids is 1. The van der Waals surface area contributed by atoms with Gasteiger partial charge in [-0.3, -0.25) is 4.79 Å². The van der Waals surface area contributed by atoms with Crippen molar-refractivity contribution in [3.63, 3.8) is 0 Å².